The van der Waals surface area contributed by atoms with E-state index in [1.54, 1.807) is 0 Å². The second-order valence-electron chi connectivity index (χ2n) is 12.3. The summed E-state index contributed by atoms with van der Waals surface area (Å²) in [5.41, 5.74) is 5.28. The average molecular weight is 539 g/mol. The van der Waals surface area contributed by atoms with Crippen molar-refractivity contribution in [2.75, 3.05) is 6.61 Å². The Morgan fingerprint density at radius 2 is 1.62 bits per heavy atom. The van der Waals surface area contributed by atoms with Gasteiger partial charge in [0.15, 0.2) is 0 Å². The van der Waals surface area contributed by atoms with E-state index >= 15 is 0 Å². The molecule has 1 unspecified atom stereocenters. The summed E-state index contributed by atoms with van der Waals surface area (Å²) in [4.78, 5) is 12.9. The minimum Gasteiger partial charge on any atom is -0.489 e. The lowest BCUT2D eigenvalue weighted by molar-refractivity contribution is -0.147. The van der Waals surface area contributed by atoms with Crippen LogP contribution in [0.25, 0.3) is 0 Å². The van der Waals surface area contributed by atoms with Gasteiger partial charge in [-0.05, 0) is 103 Å². The van der Waals surface area contributed by atoms with E-state index in [9.17, 15) is 4.79 Å². The van der Waals surface area contributed by atoms with E-state index in [-0.39, 0.29) is 23.4 Å². The number of carbonyl (C=O) groups excluding carboxylic acids is 1. The number of hydrogen-bond donors (Lipinski definition) is 0. The van der Waals surface area contributed by atoms with E-state index in [0.29, 0.717) is 44.0 Å². The third-order valence-electron chi connectivity index (χ3n) is 10.0. The average Bonchev–Trinajstić information content (AvgIpc) is 3.31. The van der Waals surface area contributed by atoms with Crippen molar-refractivity contribution in [3.63, 3.8) is 0 Å². The third kappa shape index (κ3) is 5.43. The molecule has 0 heterocycles. The summed E-state index contributed by atoms with van der Waals surface area (Å²) in [6.07, 6.45) is 6.23. The van der Waals surface area contributed by atoms with E-state index in [1.807, 2.05) is 25.1 Å². The topological polar surface area (TPSA) is 44.8 Å². The first-order valence-electron chi connectivity index (χ1n) is 15.2. The van der Waals surface area contributed by atoms with E-state index in [1.165, 1.54) is 28.7 Å². The zero-order chi connectivity index (χ0) is 27.5. The summed E-state index contributed by atoms with van der Waals surface area (Å²) >= 11 is 0. The molecule has 6 rings (SSSR count). The van der Waals surface area contributed by atoms with Crippen LogP contribution in [0.15, 0.2) is 78.9 Å². The Kier molecular flexibility index (Phi) is 7.98. The summed E-state index contributed by atoms with van der Waals surface area (Å²) in [7, 11) is 0. The molecule has 4 heteroatoms. The fourth-order valence-corrected chi connectivity index (χ4v) is 8.33. The zero-order valence-corrected chi connectivity index (χ0v) is 23.9. The third-order valence-corrected chi connectivity index (χ3v) is 10.0. The molecule has 6 atom stereocenters. The van der Waals surface area contributed by atoms with Gasteiger partial charge in [-0.15, -0.1) is 0 Å². The highest BCUT2D eigenvalue weighted by Crippen LogP contribution is 2.64. The largest absolute Gasteiger partial charge is 0.489 e. The van der Waals surface area contributed by atoms with Crippen molar-refractivity contribution in [2.45, 2.75) is 77.6 Å². The monoisotopic (exact) mass is 538 g/mol. The van der Waals surface area contributed by atoms with Gasteiger partial charge in [-0.25, -0.2) is 0 Å². The minimum absolute atomic E-state index is 0.0667. The van der Waals surface area contributed by atoms with Crippen LogP contribution in [-0.4, -0.2) is 18.7 Å². The highest BCUT2D eigenvalue weighted by Gasteiger charge is 2.58. The SMILES string of the molecule is CCOC(=O)C[C@H]1C[C@]2(C)C(OCc3ccccc3)CC[C@H]2[C@@H]2CCc3cc(OCc4ccccc4)ccc3[C@@H]12. The number of ether oxygens (including phenoxy) is 3. The number of rotatable bonds is 9. The molecule has 0 bridgehead atoms. The molecule has 0 aromatic heterocycles. The second kappa shape index (κ2) is 11.8. The fraction of sp³-hybridized carbons (Fsp3) is 0.472. The zero-order valence-electron chi connectivity index (χ0n) is 23.9. The molecule has 2 saturated carbocycles. The molecular weight excluding hydrogens is 496 g/mol. The molecule has 3 aliphatic carbocycles. The highest BCUT2D eigenvalue weighted by molar-refractivity contribution is 5.70. The van der Waals surface area contributed by atoms with Crippen LogP contribution in [0.4, 0.5) is 0 Å². The maximum absolute atomic E-state index is 12.9. The number of benzene rings is 3. The molecule has 0 spiro atoms. The van der Waals surface area contributed by atoms with Crippen LogP contribution >= 0.6 is 0 Å². The number of fused-ring (bicyclic) bond motifs is 5. The van der Waals surface area contributed by atoms with Crippen LogP contribution in [0.2, 0.25) is 0 Å². The molecular formula is C36H42O4. The van der Waals surface area contributed by atoms with Gasteiger partial charge in [0.1, 0.15) is 12.4 Å². The van der Waals surface area contributed by atoms with Crippen LogP contribution in [-0.2, 0) is 33.9 Å². The lowest BCUT2D eigenvalue weighted by Crippen LogP contribution is -2.49. The molecule has 3 aromatic carbocycles. The second-order valence-corrected chi connectivity index (χ2v) is 12.3. The smallest absolute Gasteiger partial charge is 0.306 e. The van der Waals surface area contributed by atoms with Crippen molar-refractivity contribution in [1.29, 1.82) is 0 Å². The minimum atomic E-state index is -0.0667. The van der Waals surface area contributed by atoms with Crippen LogP contribution in [0.5, 0.6) is 5.75 Å². The van der Waals surface area contributed by atoms with Gasteiger partial charge < -0.3 is 14.2 Å². The molecule has 2 fully saturated rings. The molecule has 0 aliphatic heterocycles. The van der Waals surface area contributed by atoms with Crippen molar-refractivity contribution in [2.24, 2.45) is 23.2 Å². The van der Waals surface area contributed by atoms with Gasteiger partial charge in [-0.3, -0.25) is 4.79 Å². The molecule has 0 radical (unpaired) electrons. The van der Waals surface area contributed by atoms with Crippen molar-refractivity contribution in [1.82, 2.24) is 0 Å². The first kappa shape index (κ1) is 27.1. The van der Waals surface area contributed by atoms with Crippen molar-refractivity contribution in [3.8, 4) is 5.75 Å². The van der Waals surface area contributed by atoms with Gasteiger partial charge in [0.05, 0.1) is 19.3 Å². The maximum atomic E-state index is 12.9. The Morgan fingerprint density at radius 3 is 2.35 bits per heavy atom. The summed E-state index contributed by atoms with van der Waals surface area (Å²) in [5.74, 6) is 2.66. The van der Waals surface area contributed by atoms with Crippen LogP contribution in [0.3, 0.4) is 0 Å². The molecule has 4 nitrogen and oxygen atoms in total. The van der Waals surface area contributed by atoms with Crippen molar-refractivity contribution >= 4 is 5.97 Å². The lowest BCUT2D eigenvalue weighted by atomic mass is 9.51. The molecule has 3 aliphatic rings. The summed E-state index contributed by atoms with van der Waals surface area (Å²) < 4.78 is 18.3. The van der Waals surface area contributed by atoms with E-state index in [0.717, 1.165) is 31.4 Å². The summed E-state index contributed by atoms with van der Waals surface area (Å²) in [6.45, 7) is 6.00. The van der Waals surface area contributed by atoms with Crippen LogP contribution < -0.4 is 4.74 Å². The lowest BCUT2D eigenvalue weighted by Gasteiger charge is -2.54. The van der Waals surface area contributed by atoms with Gasteiger partial charge in [0.2, 0.25) is 0 Å². The Hall–Kier alpha value is -3.11. The highest BCUT2D eigenvalue weighted by atomic mass is 16.5. The quantitative estimate of drug-likeness (QED) is 0.260. The molecule has 0 saturated heterocycles. The summed E-state index contributed by atoms with van der Waals surface area (Å²) in [6, 6.07) is 27.5. The number of aryl methyl sites for hydroxylation is 1. The number of esters is 1. The number of carbonyl (C=O) groups is 1. The van der Waals surface area contributed by atoms with Crippen molar-refractivity contribution in [3.05, 3.63) is 101 Å². The standard InChI is InChI=1S/C36H42O4/c1-3-38-34(37)21-28-22-36(2)32(18-19-33(36)40-24-26-12-8-5-9-13-26)31-16-14-27-20-29(15-17-30(27)35(28)31)39-23-25-10-6-4-7-11-25/h4-13,15,17,20,28,31-33,35H,3,14,16,18-19,21-24H2,1-2H3/t28-,31-,32-,33?,35+,36-/m0/s1. The molecule has 40 heavy (non-hydrogen) atoms. The maximum Gasteiger partial charge on any atom is 0.306 e. The molecule has 210 valence electrons. The number of hydrogen-bond acceptors (Lipinski definition) is 4. The Bertz CT molecular complexity index is 1290. The van der Waals surface area contributed by atoms with Gasteiger partial charge in [-0.1, -0.05) is 73.7 Å². The van der Waals surface area contributed by atoms with Gasteiger partial charge in [0.25, 0.3) is 0 Å². The Morgan fingerprint density at radius 1 is 0.900 bits per heavy atom. The molecule has 0 N–H and O–H groups in total. The predicted octanol–water partition coefficient (Wildman–Crippen LogP) is 7.89. The Labute approximate surface area is 239 Å². The molecule has 3 aromatic rings. The van der Waals surface area contributed by atoms with Crippen LogP contribution in [0.1, 0.15) is 74.1 Å². The molecule has 0 amide bonds. The summed E-state index contributed by atoms with van der Waals surface area (Å²) in [5, 5.41) is 0. The van der Waals surface area contributed by atoms with Gasteiger partial charge in [-0.2, -0.15) is 0 Å². The van der Waals surface area contributed by atoms with Crippen LogP contribution in [0, 0.1) is 23.2 Å². The first-order valence-corrected chi connectivity index (χ1v) is 15.2. The Balaban J connectivity index is 1.24. The van der Waals surface area contributed by atoms with E-state index < -0.39 is 0 Å². The normalized spacial score (nSPS) is 28.7. The van der Waals surface area contributed by atoms with E-state index in [4.69, 9.17) is 14.2 Å². The van der Waals surface area contributed by atoms with Crippen molar-refractivity contribution < 1.29 is 19.0 Å². The van der Waals surface area contributed by atoms with Gasteiger partial charge in [0, 0.05) is 6.42 Å². The van der Waals surface area contributed by atoms with Gasteiger partial charge >= 0.3 is 5.97 Å². The first-order chi connectivity index (χ1) is 19.5. The van der Waals surface area contributed by atoms with E-state index in [2.05, 4.69) is 67.6 Å². The fourth-order valence-electron chi connectivity index (χ4n) is 8.33. The predicted molar refractivity (Wildman–Crippen MR) is 157 cm³/mol.